The predicted octanol–water partition coefficient (Wildman–Crippen LogP) is 2.99. The number of hydrogen-bond acceptors (Lipinski definition) is 7. The van der Waals surface area contributed by atoms with E-state index in [1.165, 1.54) is 4.57 Å². The van der Waals surface area contributed by atoms with Crippen molar-refractivity contribution in [2.45, 2.75) is 26.8 Å². The molecule has 3 aromatic rings. The van der Waals surface area contributed by atoms with Gasteiger partial charge in [0.25, 0.3) is 5.56 Å². The van der Waals surface area contributed by atoms with Gasteiger partial charge in [-0.2, -0.15) is 0 Å². The van der Waals surface area contributed by atoms with Gasteiger partial charge in [-0.25, -0.2) is 4.98 Å². The molecule has 1 N–H and O–H groups in total. The van der Waals surface area contributed by atoms with Gasteiger partial charge < -0.3 is 24.3 Å². The van der Waals surface area contributed by atoms with E-state index in [2.05, 4.69) is 14.9 Å². The summed E-state index contributed by atoms with van der Waals surface area (Å²) < 4.78 is 13.0. The summed E-state index contributed by atoms with van der Waals surface area (Å²) >= 11 is 5.43. The second-order valence-corrected chi connectivity index (χ2v) is 8.29. The zero-order chi connectivity index (χ0) is 24.1. The molecule has 0 saturated carbocycles. The molecule has 4 rings (SSSR count). The molecule has 1 fully saturated rings. The Balaban J connectivity index is 1.46. The van der Waals surface area contributed by atoms with E-state index >= 15 is 0 Å². The fourth-order valence-corrected chi connectivity index (χ4v) is 4.38. The van der Waals surface area contributed by atoms with E-state index in [1.807, 2.05) is 36.9 Å². The number of H-pyrrole nitrogens is 1. The lowest BCUT2D eigenvalue weighted by atomic mass is 10.2. The van der Waals surface area contributed by atoms with Crippen molar-refractivity contribution < 1.29 is 14.3 Å². The first-order valence-electron chi connectivity index (χ1n) is 11.5. The van der Waals surface area contributed by atoms with E-state index < -0.39 is 0 Å². The molecule has 9 nitrogen and oxygen atoms in total. The number of hydrogen-bond donors (Lipinski definition) is 1. The van der Waals surface area contributed by atoms with Gasteiger partial charge >= 0.3 is 0 Å². The standard InChI is InChI=1S/C24H29N5O4S/c1-3-32-19-15-17-18(16-20(19)33-4-2)26-24(34)29(23(17)31)10-8-22(30)28-13-11-27(12-14-28)21-7-5-6-9-25-21/h5-7,9,15-16H,3-4,8,10-14H2,1-2H3,(H,26,34). The maximum Gasteiger partial charge on any atom is 0.262 e. The van der Waals surface area contributed by atoms with Crippen LogP contribution in [0.15, 0.2) is 41.3 Å². The zero-order valence-corrected chi connectivity index (χ0v) is 20.3. The number of anilines is 1. The molecule has 1 amide bonds. The predicted molar refractivity (Wildman–Crippen MR) is 133 cm³/mol. The minimum Gasteiger partial charge on any atom is -0.490 e. The maximum atomic E-state index is 13.2. The van der Waals surface area contributed by atoms with Gasteiger partial charge in [0.05, 0.1) is 24.1 Å². The number of nitrogens with zero attached hydrogens (tertiary/aromatic N) is 4. The summed E-state index contributed by atoms with van der Waals surface area (Å²) in [6.07, 6.45) is 1.97. The number of benzene rings is 1. The van der Waals surface area contributed by atoms with Gasteiger partial charge in [-0.3, -0.25) is 14.2 Å². The number of rotatable bonds is 8. The summed E-state index contributed by atoms with van der Waals surface area (Å²) in [4.78, 5) is 37.5. The molecule has 0 unspecified atom stereocenters. The SMILES string of the molecule is CCOc1cc2[nH]c(=S)n(CCC(=O)N3CCN(c4ccccn4)CC3)c(=O)c2cc1OCC. The summed E-state index contributed by atoms with van der Waals surface area (Å²) in [7, 11) is 0. The van der Waals surface area contributed by atoms with Crippen molar-refractivity contribution in [1.82, 2.24) is 19.4 Å². The number of pyridine rings is 1. The molecule has 180 valence electrons. The van der Waals surface area contributed by atoms with Gasteiger partial charge in [0.2, 0.25) is 5.91 Å². The van der Waals surface area contributed by atoms with Crippen molar-refractivity contribution in [2.75, 3.05) is 44.3 Å². The van der Waals surface area contributed by atoms with Crippen LogP contribution in [-0.2, 0) is 11.3 Å². The van der Waals surface area contributed by atoms with Crippen molar-refractivity contribution in [3.8, 4) is 11.5 Å². The first kappa shape index (κ1) is 23.7. The third-order valence-corrected chi connectivity index (χ3v) is 6.12. The van der Waals surface area contributed by atoms with Crippen LogP contribution in [0.1, 0.15) is 20.3 Å². The molecule has 3 heterocycles. The molecule has 10 heteroatoms. The molecular weight excluding hydrogens is 454 g/mol. The molecule has 0 aliphatic carbocycles. The monoisotopic (exact) mass is 483 g/mol. The molecule has 1 aliphatic heterocycles. The number of carbonyl (C=O) groups excluding carboxylic acids is 1. The fraction of sp³-hybridized carbons (Fsp3) is 0.417. The Morgan fingerprint density at radius 1 is 1.09 bits per heavy atom. The first-order valence-corrected chi connectivity index (χ1v) is 11.9. The van der Waals surface area contributed by atoms with Crippen LogP contribution in [0.3, 0.4) is 0 Å². The minimum absolute atomic E-state index is 0.00349. The minimum atomic E-state index is -0.254. The van der Waals surface area contributed by atoms with Gasteiger partial charge in [0.1, 0.15) is 5.82 Å². The Hall–Kier alpha value is -3.40. The summed E-state index contributed by atoms with van der Waals surface area (Å²) in [5.41, 5.74) is 0.325. The van der Waals surface area contributed by atoms with Crippen LogP contribution in [-0.4, -0.2) is 64.7 Å². The Bertz CT molecular complexity index is 1270. The Labute approximate surface area is 202 Å². The van der Waals surface area contributed by atoms with Crippen LogP contribution in [0.2, 0.25) is 0 Å². The Morgan fingerprint density at radius 3 is 2.44 bits per heavy atom. The third kappa shape index (κ3) is 5.06. The number of carbonyl (C=O) groups is 1. The molecule has 34 heavy (non-hydrogen) atoms. The summed E-state index contributed by atoms with van der Waals surface area (Å²) in [6.45, 7) is 7.57. The number of aromatic amines is 1. The van der Waals surface area contributed by atoms with Crippen LogP contribution >= 0.6 is 12.2 Å². The number of fused-ring (bicyclic) bond motifs is 1. The number of ether oxygens (including phenoxy) is 2. The second kappa shape index (κ2) is 10.7. The fourth-order valence-electron chi connectivity index (χ4n) is 4.09. The van der Waals surface area contributed by atoms with Crippen LogP contribution in [0, 0.1) is 4.77 Å². The van der Waals surface area contributed by atoms with Crippen LogP contribution in [0.25, 0.3) is 10.9 Å². The number of amides is 1. The number of nitrogens with one attached hydrogen (secondary N) is 1. The van der Waals surface area contributed by atoms with E-state index in [0.717, 1.165) is 18.9 Å². The lowest BCUT2D eigenvalue weighted by Gasteiger charge is -2.35. The Morgan fingerprint density at radius 2 is 1.79 bits per heavy atom. The number of piperazine rings is 1. The van der Waals surface area contributed by atoms with Crippen molar-refractivity contribution in [3.63, 3.8) is 0 Å². The van der Waals surface area contributed by atoms with E-state index in [9.17, 15) is 9.59 Å². The number of aromatic nitrogens is 3. The molecule has 1 aliphatic rings. The first-order chi connectivity index (χ1) is 16.5. The molecule has 1 aromatic carbocycles. The van der Waals surface area contributed by atoms with Crippen LogP contribution in [0.4, 0.5) is 5.82 Å². The van der Waals surface area contributed by atoms with Crippen LogP contribution in [0.5, 0.6) is 11.5 Å². The van der Waals surface area contributed by atoms with Crippen molar-refractivity contribution >= 4 is 34.8 Å². The lowest BCUT2D eigenvalue weighted by molar-refractivity contribution is -0.131. The van der Waals surface area contributed by atoms with E-state index in [4.69, 9.17) is 21.7 Å². The highest BCUT2D eigenvalue weighted by Crippen LogP contribution is 2.30. The molecule has 0 radical (unpaired) electrons. The highest BCUT2D eigenvalue weighted by Gasteiger charge is 2.22. The summed E-state index contributed by atoms with van der Waals surface area (Å²) in [6, 6.07) is 9.22. The van der Waals surface area contributed by atoms with Gasteiger partial charge in [-0.1, -0.05) is 6.07 Å². The zero-order valence-electron chi connectivity index (χ0n) is 19.5. The summed E-state index contributed by atoms with van der Waals surface area (Å²) in [5.74, 6) is 1.99. The van der Waals surface area contributed by atoms with Crippen molar-refractivity contribution in [1.29, 1.82) is 0 Å². The molecule has 0 bridgehead atoms. The topological polar surface area (TPSA) is 92.7 Å². The van der Waals surface area contributed by atoms with Gasteiger partial charge in [0, 0.05) is 51.4 Å². The van der Waals surface area contributed by atoms with Crippen LogP contribution < -0.4 is 19.9 Å². The van der Waals surface area contributed by atoms with E-state index in [-0.39, 0.29) is 29.2 Å². The molecule has 0 spiro atoms. The normalized spacial score (nSPS) is 13.8. The third-order valence-electron chi connectivity index (χ3n) is 5.80. The van der Waals surface area contributed by atoms with Gasteiger partial charge in [-0.15, -0.1) is 0 Å². The average molecular weight is 484 g/mol. The lowest BCUT2D eigenvalue weighted by Crippen LogP contribution is -2.49. The van der Waals surface area contributed by atoms with Crippen molar-refractivity contribution in [2.24, 2.45) is 0 Å². The molecular formula is C24H29N5O4S. The van der Waals surface area contributed by atoms with Gasteiger partial charge in [-0.05, 0) is 44.3 Å². The smallest absolute Gasteiger partial charge is 0.262 e. The van der Waals surface area contributed by atoms with E-state index in [0.29, 0.717) is 48.7 Å². The largest absolute Gasteiger partial charge is 0.490 e. The maximum absolute atomic E-state index is 13.2. The average Bonchev–Trinajstić information content (AvgIpc) is 2.85. The van der Waals surface area contributed by atoms with Crippen molar-refractivity contribution in [3.05, 3.63) is 51.7 Å². The van der Waals surface area contributed by atoms with Gasteiger partial charge in [0.15, 0.2) is 16.3 Å². The highest BCUT2D eigenvalue weighted by molar-refractivity contribution is 7.71. The summed E-state index contributed by atoms with van der Waals surface area (Å²) in [5, 5.41) is 0.442. The highest BCUT2D eigenvalue weighted by atomic mass is 32.1. The molecule has 0 atom stereocenters. The molecule has 1 saturated heterocycles. The Kier molecular flexibility index (Phi) is 7.46. The molecule has 2 aromatic heterocycles. The van der Waals surface area contributed by atoms with E-state index in [1.54, 1.807) is 18.3 Å². The quantitative estimate of drug-likeness (QED) is 0.493. The second-order valence-electron chi connectivity index (χ2n) is 7.90.